The molecule has 2 aromatic heterocycles. The molecule has 108 valence electrons. The van der Waals surface area contributed by atoms with Gasteiger partial charge in [0.15, 0.2) is 10.4 Å². The van der Waals surface area contributed by atoms with Gasteiger partial charge in [-0.05, 0) is 49.0 Å². The molecule has 0 saturated heterocycles. The molecule has 0 fully saturated rings. The second-order valence-corrected chi connectivity index (χ2v) is 5.03. The maximum atomic E-state index is 5.41. The number of fused-ring (bicyclic) bond motifs is 1. The molecule has 0 bridgehead atoms. The van der Waals surface area contributed by atoms with Crippen LogP contribution >= 0.6 is 12.2 Å². The topological polar surface area (TPSA) is 52.1 Å². The summed E-state index contributed by atoms with van der Waals surface area (Å²) in [4.78, 5) is 7.63. The Hall–Kier alpha value is -2.34. The highest BCUT2D eigenvalue weighted by Crippen LogP contribution is 2.25. The number of aryl methyl sites for hydroxylation is 1. The summed E-state index contributed by atoms with van der Waals surface area (Å²) < 4.78 is 13.0. The molecule has 5 nitrogen and oxygen atoms in total. The third-order valence-corrected chi connectivity index (χ3v) is 3.64. The summed E-state index contributed by atoms with van der Waals surface area (Å²) in [5.41, 5.74) is 3.58. The third kappa shape index (κ3) is 2.27. The minimum atomic E-state index is 0.551. The lowest BCUT2D eigenvalue weighted by molar-refractivity contribution is 0.399. The van der Waals surface area contributed by atoms with E-state index in [1.165, 1.54) is 0 Å². The van der Waals surface area contributed by atoms with Crippen LogP contribution in [0.1, 0.15) is 5.56 Å². The van der Waals surface area contributed by atoms with Gasteiger partial charge < -0.3 is 14.5 Å². The quantitative estimate of drug-likeness (QED) is 0.753. The van der Waals surface area contributed by atoms with Crippen LogP contribution in [0.5, 0.6) is 11.6 Å². The van der Waals surface area contributed by atoms with Crippen LogP contribution in [-0.2, 0) is 0 Å². The van der Waals surface area contributed by atoms with E-state index in [2.05, 4.69) is 9.97 Å². The van der Waals surface area contributed by atoms with E-state index >= 15 is 0 Å². The zero-order chi connectivity index (χ0) is 15.0. The average molecular weight is 301 g/mol. The van der Waals surface area contributed by atoms with Crippen molar-refractivity contribution in [3.8, 4) is 17.3 Å². The minimum Gasteiger partial charge on any atom is -0.496 e. The Bertz CT molecular complexity index is 867. The van der Waals surface area contributed by atoms with Gasteiger partial charge in [0.2, 0.25) is 5.88 Å². The van der Waals surface area contributed by atoms with E-state index in [1.807, 2.05) is 35.8 Å². The Morgan fingerprint density at radius 1 is 1.14 bits per heavy atom. The number of ether oxygens (including phenoxy) is 2. The summed E-state index contributed by atoms with van der Waals surface area (Å²) in [6, 6.07) is 9.60. The normalized spacial score (nSPS) is 10.8. The monoisotopic (exact) mass is 301 g/mol. The van der Waals surface area contributed by atoms with Crippen LogP contribution in [0.4, 0.5) is 0 Å². The molecule has 0 atom stereocenters. The Morgan fingerprint density at radius 3 is 2.62 bits per heavy atom. The summed E-state index contributed by atoms with van der Waals surface area (Å²) in [7, 11) is 3.25. The van der Waals surface area contributed by atoms with Crippen LogP contribution in [0, 0.1) is 11.7 Å². The van der Waals surface area contributed by atoms with E-state index in [4.69, 9.17) is 21.7 Å². The molecule has 3 aromatic rings. The molecule has 2 heterocycles. The summed E-state index contributed by atoms with van der Waals surface area (Å²) in [5.74, 6) is 1.39. The minimum absolute atomic E-state index is 0.551. The van der Waals surface area contributed by atoms with Crippen molar-refractivity contribution < 1.29 is 9.47 Å². The predicted molar refractivity (Wildman–Crippen MR) is 84.1 cm³/mol. The molecule has 21 heavy (non-hydrogen) atoms. The number of pyridine rings is 1. The number of H-pyrrole nitrogens is 1. The molecule has 0 aliphatic rings. The van der Waals surface area contributed by atoms with E-state index < -0.39 is 0 Å². The van der Waals surface area contributed by atoms with Crippen molar-refractivity contribution >= 4 is 23.4 Å². The largest absolute Gasteiger partial charge is 0.496 e. The zero-order valence-corrected chi connectivity index (χ0v) is 12.8. The number of aromatic amines is 1. The predicted octanol–water partition coefficient (Wildman–Crippen LogP) is 3.41. The number of methoxy groups -OCH3 is 2. The Labute approximate surface area is 127 Å². The molecular weight excluding hydrogens is 286 g/mol. The van der Waals surface area contributed by atoms with Crippen LogP contribution < -0.4 is 9.47 Å². The fourth-order valence-electron chi connectivity index (χ4n) is 2.32. The number of nitrogens with one attached hydrogen (secondary N) is 1. The Kier molecular flexibility index (Phi) is 3.39. The van der Waals surface area contributed by atoms with Crippen molar-refractivity contribution in [1.82, 2.24) is 14.5 Å². The van der Waals surface area contributed by atoms with Gasteiger partial charge in [-0.25, -0.2) is 0 Å². The van der Waals surface area contributed by atoms with E-state index in [0.29, 0.717) is 10.7 Å². The highest BCUT2D eigenvalue weighted by Gasteiger charge is 2.10. The Morgan fingerprint density at radius 2 is 1.95 bits per heavy atom. The lowest BCUT2D eigenvalue weighted by Crippen LogP contribution is -1.98. The average Bonchev–Trinajstić information content (AvgIpc) is 2.81. The first-order valence-corrected chi connectivity index (χ1v) is 6.85. The molecule has 0 spiro atoms. The van der Waals surface area contributed by atoms with Crippen molar-refractivity contribution in [2.24, 2.45) is 0 Å². The van der Waals surface area contributed by atoms with E-state index in [0.717, 1.165) is 28.2 Å². The Balaban J connectivity index is 2.26. The third-order valence-electron chi connectivity index (χ3n) is 3.35. The van der Waals surface area contributed by atoms with Gasteiger partial charge in [-0.2, -0.15) is 4.98 Å². The van der Waals surface area contributed by atoms with Crippen molar-refractivity contribution in [3.05, 3.63) is 40.7 Å². The highest BCUT2D eigenvalue weighted by atomic mass is 32.1. The van der Waals surface area contributed by atoms with E-state index in [9.17, 15) is 0 Å². The lowest BCUT2D eigenvalue weighted by Gasteiger charge is -2.09. The zero-order valence-electron chi connectivity index (χ0n) is 12.0. The SMILES string of the molecule is COc1ccc2[nH]c(=S)n(-c3ccc(OC)c(C)c3)c2n1. The van der Waals surface area contributed by atoms with Crippen LogP contribution in [0.3, 0.4) is 0 Å². The number of rotatable bonds is 3. The summed E-state index contributed by atoms with van der Waals surface area (Å²) in [6.45, 7) is 1.99. The van der Waals surface area contributed by atoms with Crippen molar-refractivity contribution in [2.45, 2.75) is 6.92 Å². The molecule has 1 aromatic carbocycles. The first-order valence-electron chi connectivity index (χ1n) is 6.45. The van der Waals surface area contributed by atoms with Gasteiger partial charge >= 0.3 is 0 Å². The summed E-state index contributed by atoms with van der Waals surface area (Å²) in [6.07, 6.45) is 0. The molecular formula is C15H15N3O2S. The fourth-order valence-corrected chi connectivity index (χ4v) is 2.62. The first kappa shape index (κ1) is 13.6. The van der Waals surface area contributed by atoms with Crippen LogP contribution in [0.2, 0.25) is 0 Å². The summed E-state index contributed by atoms with van der Waals surface area (Å²) in [5, 5.41) is 0. The number of hydrogen-bond acceptors (Lipinski definition) is 4. The second kappa shape index (κ2) is 5.21. The van der Waals surface area contributed by atoms with Gasteiger partial charge in [0.1, 0.15) is 5.75 Å². The van der Waals surface area contributed by atoms with Gasteiger partial charge in [0, 0.05) is 6.07 Å². The lowest BCUT2D eigenvalue weighted by atomic mass is 10.2. The molecule has 0 aliphatic carbocycles. The number of imidazole rings is 1. The standard InChI is InChI=1S/C15H15N3O2S/c1-9-8-10(4-6-12(9)19-2)18-14-11(16-15(18)21)5-7-13(17-14)20-3/h4-8H,1-3H3,(H,16,21). The first-order chi connectivity index (χ1) is 10.1. The van der Waals surface area contributed by atoms with Crippen molar-refractivity contribution in [2.75, 3.05) is 14.2 Å². The van der Waals surface area contributed by atoms with Crippen molar-refractivity contribution in [3.63, 3.8) is 0 Å². The maximum Gasteiger partial charge on any atom is 0.215 e. The van der Waals surface area contributed by atoms with Gasteiger partial charge in [-0.15, -0.1) is 0 Å². The number of nitrogens with zero attached hydrogens (tertiary/aromatic N) is 2. The van der Waals surface area contributed by atoms with Gasteiger partial charge in [-0.3, -0.25) is 4.57 Å². The molecule has 3 rings (SSSR count). The highest BCUT2D eigenvalue weighted by molar-refractivity contribution is 7.71. The van der Waals surface area contributed by atoms with Crippen LogP contribution in [-0.4, -0.2) is 28.8 Å². The van der Waals surface area contributed by atoms with Crippen LogP contribution in [0.15, 0.2) is 30.3 Å². The smallest absolute Gasteiger partial charge is 0.215 e. The van der Waals surface area contributed by atoms with E-state index in [-0.39, 0.29) is 0 Å². The molecule has 0 unspecified atom stereocenters. The molecule has 6 heteroatoms. The number of hydrogen-bond donors (Lipinski definition) is 1. The maximum absolute atomic E-state index is 5.41. The number of aromatic nitrogens is 3. The number of benzene rings is 1. The molecule has 0 saturated carbocycles. The fraction of sp³-hybridized carbons (Fsp3) is 0.200. The van der Waals surface area contributed by atoms with E-state index in [1.54, 1.807) is 20.3 Å². The van der Waals surface area contributed by atoms with Crippen LogP contribution in [0.25, 0.3) is 16.9 Å². The molecule has 0 aliphatic heterocycles. The second-order valence-electron chi connectivity index (χ2n) is 4.64. The molecule has 1 N–H and O–H groups in total. The summed E-state index contributed by atoms with van der Waals surface area (Å²) >= 11 is 5.41. The molecule has 0 amide bonds. The molecule has 0 radical (unpaired) electrons. The van der Waals surface area contributed by atoms with Gasteiger partial charge in [0.05, 0.1) is 25.4 Å². The van der Waals surface area contributed by atoms with Gasteiger partial charge in [-0.1, -0.05) is 0 Å². The van der Waals surface area contributed by atoms with Gasteiger partial charge in [0.25, 0.3) is 0 Å². The van der Waals surface area contributed by atoms with Crippen molar-refractivity contribution in [1.29, 1.82) is 0 Å².